The van der Waals surface area contributed by atoms with E-state index in [9.17, 15) is 5.11 Å². The topological polar surface area (TPSA) is 75.0 Å². The molecule has 7 heteroatoms. The molecule has 2 rings (SSSR count). The van der Waals surface area contributed by atoms with Gasteiger partial charge in [-0.2, -0.15) is 11.8 Å². The van der Waals surface area contributed by atoms with Gasteiger partial charge in [-0.1, -0.05) is 0 Å². The van der Waals surface area contributed by atoms with Crippen LogP contribution in [-0.4, -0.2) is 47.1 Å². The number of guanidine groups is 1. The van der Waals surface area contributed by atoms with Crippen LogP contribution in [0.2, 0.25) is 0 Å². The van der Waals surface area contributed by atoms with Gasteiger partial charge in [0.1, 0.15) is 11.4 Å². The zero-order valence-corrected chi connectivity index (χ0v) is 14.1. The molecule has 3 N–H and O–H groups in total. The van der Waals surface area contributed by atoms with Gasteiger partial charge in [0.25, 0.3) is 0 Å². The number of hydrogen-bond donors (Lipinski definition) is 2. The summed E-state index contributed by atoms with van der Waals surface area (Å²) in [6, 6.07) is 3.49. The lowest BCUT2D eigenvalue weighted by Gasteiger charge is -2.28. The summed E-state index contributed by atoms with van der Waals surface area (Å²) in [6.07, 6.45) is 1.54. The van der Waals surface area contributed by atoms with E-state index in [1.54, 1.807) is 25.3 Å². The van der Waals surface area contributed by atoms with E-state index in [2.05, 4.69) is 9.89 Å². The lowest BCUT2D eigenvalue weighted by Crippen LogP contribution is -2.43. The van der Waals surface area contributed by atoms with Crippen molar-refractivity contribution in [3.05, 3.63) is 24.2 Å². The Hall–Kier alpha value is -0.410. The average Bonchev–Trinajstić information content (AvgIpc) is 2.92. The summed E-state index contributed by atoms with van der Waals surface area (Å²) in [6.45, 7) is 3.72. The van der Waals surface area contributed by atoms with E-state index in [-0.39, 0.29) is 30.5 Å². The van der Waals surface area contributed by atoms with Crippen molar-refractivity contribution in [2.75, 3.05) is 31.1 Å². The zero-order chi connectivity index (χ0) is 13.0. The van der Waals surface area contributed by atoms with Gasteiger partial charge < -0.3 is 20.2 Å². The third kappa shape index (κ3) is 4.57. The van der Waals surface area contributed by atoms with Crippen molar-refractivity contribution >= 4 is 41.7 Å². The third-order valence-corrected chi connectivity index (χ3v) is 3.88. The Bertz CT molecular complexity index is 403. The summed E-state index contributed by atoms with van der Waals surface area (Å²) in [7, 11) is 0. The summed E-state index contributed by atoms with van der Waals surface area (Å²) >= 11 is 1.92. The van der Waals surface area contributed by atoms with Gasteiger partial charge >= 0.3 is 0 Å². The third-order valence-electron chi connectivity index (χ3n) is 2.94. The maximum Gasteiger partial charge on any atom is 0.191 e. The number of halogens is 1. The Morgan fingerprint density at radius 2 is 2.26 bits per heavy atom. The fourth-order valence-corrected chi connectivity index (χ4v) is 2.69. The van der Waals surface area contributed by atoms with Crippen molar-refractivity contribution in [1.82, 2.24) is 4.90 Å². The molecule has 1 unspecified atom stereocenters. The van der Waals surface area contributed by atoms with Gasteiger partial charge in [-0.25, -0.2) is 4.99 Å². The van der Waals surface area contributed by atoms with Gasteiger partial charge in [-0.05, 0) is 19.1 Å². The van der Waals surface area contributed by atoms with Gasteiger partial charge in [-0.3, -0.25) is 0 Å². The normalized spacial score (nSPS) is 19.7. The molecule has 108 valence electrons. The molecule has 19 heavy (non-hydrogen) atoms. The fourth-order valence-electron chi connectivity index (χ4n) is 1.79. The predicted molar refractivity (Wildman–Crippen MR) is 89.1 cm³/mol. The maximum absolute atomic E-state index is 10.2. The lowest BCUT2D eigenvalue weighted by atomic mass is 10.0. The number of rotatable bonds is 3. The molecule has 1 saturated heterocycles. The Kier molecular flexibility index (Phi) is 6.48. The quantitative estimate of drug-likeness (QED) is 0.459. The van der Waals surface area contributed by atoms with Crippen molar-refractivity contribution in [2.45, 2.75) is 12.5 Å². The molecule has 1 aliphatic rings. The second-order valence-corrected chi connectivity index (χ2v) is 5.75. The highest BCUT2D eigenvalue weighted by molar-refractivity contribution is 14.0. The first-order valence-corrected chi connectivity index (χ1v) is 7.14. The second-order valence-electron chi connectivity index (χ2n) is 4.53. The van der Waals surface area contributed by atoms with Gasteiger partial charge in [0, 0.05) is 24.6 Å². The molecule has 0 amide bonds. The predicted octanol–water partition coefficient (Wildman–Crippen LogP) is 1.47. The second kappa shape index (κ2) is 7.39. The van der Waals surface area contributed by atoms with Crippen LogP contribution in [0.5, 0.6) is 0 Å². The minimum absolute atomic E-state index is 0. The number of aliphatic imine (C=N–C) groups is 1. The van der Waals surface area contributed by atoms with Crippen molar-refractivity contribution < 1.29 is 9.52 Å². The van der Waals surface area contributed by atoms with Gasteiger partial charge in [0.2, 0.25) is 0 Å². The average molecular weight is 397 g/mol. The van der Waals surface area contributed by atoms with Gasteiger partial charge in [0.05, 0.1) is 12.8 Å². The van der Waals surface area contributed by atoms with E-state index in [0.29, 0.717) is 11.7 Å². The first-order chi connectivity index (χ1) is 8.59. The molecule has 0 saturated carbocycles. The van der Waals surface area contributed by atoms with Crippen LogP contribution in [0.3, 0.4) is 0 Å². The van der Waals surface area contributed by atoms with Crippen LogP contribution >= 0.6 is 35.7 Å². The van der Waals surface area contributed by atoms with Crippen LogP contribution in [0.1, 0.15) is 12.7 Å². The number of hydrogen-bond acceptors (Lipinski definition) is 4. The summed E-state index contributed by atoms with van der Waals surface area (Å²) in [5.41, 5.74) is 4.82. The van der Waals surface area contributed by atoms with E-state index < -0.39 is 5.60 Å². The molecule has 0 aromatic carbocycles. The van der Waals surface area contributed by atoms with Crippen molar-refractivity contribution in [3.63, 3.8) is 0 Å². The van der Waals surface area contributed by atoms with Crippen LogP contribution in [-0.2, 0) is 5.60 Å². The molecule has 0 spiro atoms. The highest BCUT2D eigenvalue weighted by atomic mass is 127. The monoisotopic (exact) mass is 397 g/mol. The molecule has 1 aromatic heterocycles. The molecule has 1 fully saturated rings. The molecule has 1 aromatic rings. The highest BCUT2D eigenvalue weighted by Crippen LogP contribution is 2.21. The lowest BCUT2D eigenvalue weighted by molar-refractivity contribution is 0.0435. The van der Waals surface area contributed by atoms with Crippen LogP contribution in [0, 0.1) is 0 Å². The van der Waals surface area contributed by atoms with E-state index >= 15 is 0 Å². The zero-order valence-electron chi connectivity index (χ0n) is 10.9. The molecule has 5 nitrogen and oxygen atoms in total. The van der Waals surface area contributed by atoms with E-state index in [4.69, 9.17) is 10.2 Å². The first kappa shape index (κ1) is 16.6. The number of nitrogens with two attached hydrogens (primary N) is 1. The fraction of sp³-hybridized carbons (Fsp3) is 0.583. The van der Waals surface area contributed by atoms with Gasteiger partial charge in [-0.15, -0.1) is 24.0 Å². The molecule has 1 atom stereocenters. The molecular weight excluding hydrogens is 377 g/mol. The molecule has 1 aliphatic heterocycles. The summed E-state index contributed by atoms with van der Waals surface area (Å²) in [5.74, 6) is 3.16. The standard InChI is InChI=1S/C12H19N3O2S.HI/c1-12(16,10-3-2-6-17-10)9-14-11(13)15-4-7-18-8-5-15;/h2-3,6,16H,4-5,7-9H2,1H3,(H2,13,14);1H. The number of thioether (sulfide) groups is 1. The van der Waals surface area contributed by atoms with E-state index in [0.717, 1.165) is 24.6 Å². The molecule has 0 radical (unpaired) electrons. The Morgan fingerprint density at radius 1 is 1.58 bits per heavy atom. The molecule has 0 aliphatic carbocycles. The Morgan fingerprint density at radius 3 is 2.84 bits per heavy atom. The van der Waals surface area contributed by atoms with Crippen LogP contribution in [0.15, 0.2) is 27.8 Å². The smallest absolute Gasteiger partial charge is 0.191 e. The maximum atomic E-state index is 10.2. The SMILES string of the molecule is CC(O)(CN=C(N)N1CCSCC1)c1ccco1.I. The summed E-state index contributed by atoms with van der Waals surface area (Å²) in [5, 5.41) is 10.2. The highest BCUT2D eigenvalue weighted by Gasteiger charge is 2.26. The minimum atomic E-state index is -1.11. The Labute approximate surface area is 134 Å². The summed E-state index contributed by atoms with van der Waals surface area (Å²) in [4.78, 5) is 6.33. The van der Waals surface area contributed by atoms with Crippen LogP contribution < -0.4 is 5.73 Å². The largest absolute Gasteiger partial charge is 0.466 e. The minimum Gasteiger partial charge on any atom is -0.466 e. The number of nitrogens with zero attached hydrogens (tertiary/aromatic N) is 2. The van der Waals surface area contributed by atoms with Crippen molar-refractivity contribution in [1.29, 1.82) is 0 Å². The van der Waals surface area contributed by atoms with Crippen LogP contribution in [0.4, 0.5) is 0 Å². The van der Waals surface area contributed by atoms with Crippen molar-refractivity contribution in [2.24, 2.45) is 10.7 Å². The summed E-state index contributed by atoms with van der Waals surface area (Å²) < 4.78 is 5.20. The first-order valence-electron chi connectivity index (χ1n) is 5.98. The van der Waals surface area contributed by atoms with Gasteiger partial charge in [0.15, 0.2) is 5.96 Å². The molecule has 2 heterocycles. The van der Waals surface area contributed by atoms with E-state index in [1.807, 2.05) is 11.8 Å². The number of aliphatic hydroxyl groups is 1. The van der Waals surface area contributed by atoms with Crippen molar-refractivity contribution in [3.8, 4) is 0 Å². The van der Waals surface area contributed by atoms with E-state index in [1.165, 1.54) is 0 Å². The Balaban J connectivity index is 0.00000180. The molecular formula is C12H20IN3O2S. The number of furan rings is 1. The molecule has 0 bridgehead atoms. The van der Waals surface area contributed by atoms with Crippen LogP contribution in [0.25, 0.3) is 0 Å².